The number of carbonyl (C=O) groups is 1. The molecule has 1 fully saturated rings. The topological polar surface area (TPSA) is 41.1 Å². The van der Waals surface area contributed by atoms with E-state index in [2.05, 4.69) is 10.6 Å². The predicted molar refractivity (Wildman–Crippen MR) is 77.6 cm³/mol. The van der Waals surface area contributed by atoms with E-state index in [4.69, 9.17) is 0 Å². The highest BCUT2D eigenvalue weighted by Gasteiger charge is 2.29. The first-order chi connectivity index (χ1) is 9.35. The third-order valence-electron chi connectivity index (χ3n) is 3.53. The molecule has 0 saturated carbocycles. The lowest BCUT2D eigenvalue weighted by Crippen LogP contribution is -2.48. The monoisotopic (exact) mass is 322 g/mol. The molecule has 1 aliphatic heterocycles. The van der Waals surface area contributed by atoms with E-state index in [-0.39, 0.29) is 29.8 Å². The second-order valence-corrected chi connectivity index (χ2v) is 5.19. The van der Waals surface area contributed by atoms with E-state index in [1.54, 1.807) is 6.07 Å². The molecule has 1 heterocycles. The number of rotatable bonds is 4. The highest BCUT2D eigenvalue weighted by molar-refractivity contribution is 5.92. The number of alkyl halides is 3. The Morgan fingerprint density at radius 1 is 1.43 bits per heavy atom. The van der Waals surface area contributed by atoms with Crippen molar-refractivity contribution in [3.8, 4) is 0 Å². The van der Waals surface area contributed by atoms with E-state index in [1.165, 1.54) is 18.2 Å². The minimum absolute atomic E-state index is 0. The second kappa shape index (κ2) is 7.13. The van der Waals surface area contributed by atoms with Crippen molar-refractivity contribution in [2.75, 3.05) is 18.4 Å². The Bertz CT molecular complexity index is 489. The molecule has 0 aliphatic carbocycles. The third kappa shape index (κ3) is 5.21. The maximum Gasteiger partial charge on any atom is 0.393 e. The van der Waals surface area contributed by atoms with E-state index in [0.717, 1.165) is 13.1 Å². The van der Waals surface area contributed by atoms with Crippen molar-refractivity contribution >= 4 is 24.0 Å². The van der Waals surface area contributed by atoms with Crippen molar-refractivity contribution in [1.29, 1.82) is 0 Å². The molecule has 2 rings (SSSR count). The first-order valence-electron chi connectivity index (χ1n) is 6.52. The zero-order chi connectivity index (χ0) is 14.8. The molecule has 0 spiro atoms. The van der Waals surface area contributed by atoms with Gasteiger partial charge in [-0.3, -0.25) is 4.79 Å². The maximum absolute atomic E-state index is 12.3. The van der Waals surface area contributed by atoms with Crippen molar-refractivity contribution in [3.63, 3.8) is 0 Å². The number of amides is 1. The van der Waals surface area contributed by atoms with Crippen molar-refractivity contribution in [2.24, 2.45) is 11.8 Å². The lowest BCUT2D eigenvalue weighted by molar-refractivity contribution is -0.127. The summed E-state index contributed by atoms with van der Waals surface area (Å²) in [6.07, 6.45) is -5.23. The first kappa shape index (κ1) is 17.8. The highest BCUT2D eigenvalue weighted by atomic mass is 35.5. The minimum Gasteiger partial charge on any atom is -0.326 e. The van der Waals surface area contributed by atoms with Crippen LogP contribution in [0.25, 0.3) is 0 Å². The van der Waals surface area contributed by atoms with Gasteiger partial charge in [0.05, 0.1) is 6.42 Å². The van der Waals surface area contributed by atoms with Crippen LogP contribution in [0.5, 0.6) is 0 Å². The van der Waals surface area contributed by atoms with Gasteiger partial charge in [-0.25, -0.2) is 0 Å². The zero-order valence-electron chi connectivity index (χ0n) is 11.5. The molecule has 2 N–H and O–H groups in total. The molecule has 3 nitrogen and oxygen atoms in total. The van der Waals surface area contributed by atoms with Gasteiger partial charge in [0, 0.05) is 11.6 Å². The Kier molecular flexibility index (Phi) is 6.04. The fourth-order valence-electron chi connectivity index (χ4n) is 2.13. The van der Waals surface area contributed by atoms with Crippen LogP contribution < -0.4 is 10.6 Å². The van der Waals surface area contributed by atoms with Gasteiger partial charge >= 0.3 is 6.18 Å². The Hall–Kier alpha value is -1.27. The Morgan fingerprint density at radius 3 is 2.62 bits per heavy atom. The van der Waals surface area contributed by atoms with Gasteiger partial charge in [0.25, 0.3) is 0 Å². The van der Waals surface area contributed by atoms with Crippen LogP contribution in [0.3, 0.4) is 0 Å². The molecule has 7 heteroatoms. The van der Waals surface area contributed by atoms with E-state index in [9.17, 15) is 18.0 Å². The molecule has 1 aromatic carbocycles. The summed E-state index contributed by atoms with van der Waals surface area (Å²) in [5.41, 5.74) is 0.559. The van der Waals surface area contributed by atoms with Gasteiger partial charge in [0.15, 0.2) is 0 Å². The Labute approximate surface area is 127 Å². The molecule has 0 aromatic heterocycles. The number of carbonyl (C=O) groups excluding carboxylic acids is 1. The number of benzene rings is 1. The van der Waals surface area contributed by atoms with Crippen LogP contribution in [0.1, 0.15) is 12.5 Å². The van der Waals surface area contributed by atoms with Gasteiger partial charge in [-0.2, -0.15) is 13.2 Å². The summed E-state index contributed by atoms with van der Waals surface area (Å²) in [6, 6.07) is 5.90. The molecule has 1 unspecified atom stereocenters. The SMILES string of the molecule is CC(C(=O)Nc1cccc(CC(F)(F)F)c1)C1CNC1.Cl. The Morgan fingerprint density at radius 2 is 2.10 bits per heavy atom. The molecule has 1 amide bonds. The van der Waals surface area contributed by atoms with Gasteiger partial charge in [-0.1, -0.05) is 19.1 Å². The smallest absolute Gasteiger partial charge is 0.326 e. The van der Waals surface area contributed by atoms with Crippen molar-refractivity contribution < 1.29 is 18.0 Å². The van der Waals surface area contributed by atoms with Crippen LogP contribution in [-0.2, 0) is 11.2 Å². The molecule has 0 radical (unpaired) electrons. The summed E-state index contributed by atoms with van der Waals surface area (Å²) in [7, 11) is 0. The zero-order valence-corrected chi connectivity index (χ0v) is 12.4. The van der Waals surface area contributed by atoms with Gasteiger partial charge in [0.2, 0.25) is 5.91 Å². The lowest BCUT2D eigenvalue weighted by atomic mass is 9.88. The number of anilines is 1. The quantitative estimate of drug-likeness (QED) is 0.894. The standard InChI is InChI=1S/C14H17F3N2O.ClH/c1-9(11-7-18-8-11)13(20)19-12-4-2-3-10(5-12)6-14(15,16)17;/h2-5,9,11,18H,6-8H2,1H3,(H,19,20);1H. The fourth-order valence-corrected chi connectivity index (χ4v) is 2.13. The van der Waals surface area contributed by atoms with Crippen LogP contribution >= 0.6 is 12.4 Å². The van der Waals surface area contributed by atoms with Crippen LogP contribution in [0.2, 0.25) is 0 Å². The summed E-state index contributed by atoms with van der Waals surface area (Å²) in [5.74, 6) is -0.00320. The molecule has 0 bridgehead atoms. The molecule has 1 aliphatic rings. The van der Waals surface area contributed by atoms with E-state index in [0.29, 0.717) is 11.6 Å². The normalized spacial score (nSPS) is 16.6. The summed E-state index contributed by atoms with van der Waals surface area (Å²) in [6.45, 7) is 3.45. The summed E-state index contributed by atoms with van der Waals surface area (Å²) in [5, 5.41) is 5.77. The summed E-state index contributed by atoms with van der Waals surface area (Å²) < 4.78 is 37.0. The van der Waals surface area contributed by atoms with Gasteiger partial charge in [-0.05, 0) is 36.7 Å². The van der Waals surface area contributed by atoms with Crippen LogP contribution in [0, 0.1) is 11.8 Å². The minimum atomic E-state index is -4.24. The van der Waals surface area contributed by atoms with Crippen molar-refractivity contribution in [2.45, 2.75) is 19.5 Å². The largest absolute Gasteiger partial charge is 0.393 e. The molecule has 21 heavy (non-hydrogen) atoms. The van der Waals surface area contributed by atoms with E-state index < -0.39 is 12.6 Å². The average Bonchev–Trinajstić information content (AvgIpc) is 2.24. The van der Waals surface area contributed by atoms with Crippen molar-refractivity contribution in [1.82, 2.24) is 5.32 Å². The highest BCUT2D eigenvalue weighted by Crippen LogP contribution is 2.23. The predicted octanol–water partition coefficient (Wildman–Crippen LogP) is 3.01. The van der Waals surface area contributed by atoms with E-state index in [1.807, 2.05) is 6.92 Å². The number of halogens is 4. The molecular weight excluding hydrogens is 305 g/mol. The number of nitrogens with one attached hydrogen (secondary N) is 2. The fraction of sp³-hybridized carbons (Fsp3) is 0.500. The second-order valence-electron chi connectivity index (χ2n) is 5.19. The number of hydrogen-bond acceptors (Lipinski definition) is 2. The van der Waals surface area contributed by atoms with Crippen LogP contribution in [-0.4, -0.2) is 25.2 Å². The lowest BCUT2D eigenvalue weighted by Gasteiger charge is -2.31. The maximum atomic E-state index is 12.3. The molecule has 1 aromatic rings. The summed E-state index contributed by atoms with van der Waals surface area (Å²) >= 11 is 0. The molecule has 1 atom stereocenters. The van der Waals surface area contributed by atoms with E-state index >= 15 is 0 Å². The number of hydrogen-bond donors (Lipinski definition) is 2. The summed E-state index contributed by atoms with van der Waals surface area (Å²) in [4.78, 5) is 12.0. The van der Waals surface area contributed by atoms with Gasteiger partial charge in [-0.15, -0.1) is 12.4 Å². The Balaban J connectivity index is 0.00000220. The molecule has 1 saturated heterocycles. The van der Waals surface area contributed by atoms with Crippen LogP contribution in [0.15, 0.2) is 24.3 Å². The van der Waals surface area contributed by atoms with Gasteiger partial charge in [0.1, 0.15) is 0 Å². The third-order valence-corrected chi connectivity index (χ3v) is 3.53. The molecular formula is C14H18ClF3N2O. The molecule has 118 valence electrons. The van der Waals surface area contributed by atoms with Gasteiger partial charge < -0.3 is 10.6 Å². The van der Waals surface area contributed by atoms with Crippen LogP contribution in [0.4, 0.5) is 18.9 Å². The van der Waals surface area contributed by atoms with Crippen molar-refractivity contribution in [3.05, 3.63) is 29.8 Å². The first-order valence-corrected chi connectivity index (χ1v) is 6.52. The average molecular weight is 323 g/mol.